The number of nitrogens with zero attached hydrogens (tertiary/aromatic N) is 2. The van der Waals surface area contributed by atoms with E-state index >= 15 is 0 Å². The van der Waals surface area contributed by atoms with Crippen LogP contribution in [-0.2, 0) is 4.79 Å². The van der Waals surface area contributed by atoms with Gasteiger partial charge in [0.05, 0.1) is 7.11 Å². The van der Waals surface area contributed by atoms with E-state index in [1.54, 1.807) is 26.2 Å². The van der Waals surface area contributed by atoms with Crippen LogP contribution >= 0.6 is 0 Å². The molecule has 0 saturated carbocycles. The molecule has 22 heavy (non-hydrogen) atoms. The fourth-order valence-corrected chi connectivity index (χ4v) is 2.07. The number of ether oxygens (including phenoxy) is 1. The Morgan fingerprint density at radius 3 is 2.73 bits per heavy atom. The number of imide groups is 1. The summed E-state index contributed by atoms with van der Waals surface area (Å²) in [4.78, 5) is 23.9. The molecule has 0 aliphatic carbocycles. The Balaban J connectivity index is 2.08. The number of para-hydroxylation sites is 1. The summed E-state index contributed by atoms with van der Waals surface area (Å²) in [6.07, 6.45) is 5.37. The van der Waals surface area contributed by atoms with Gasteiger partial charge in [-0.05, 0) is 31.6 Å². The van der Waals surface area contributed by atoms with Crippen LogP contribution in [0.4, 0.5) is 4.79 Å². The van der Waals surface area contributed by atoms with Gasteiger partial charge in [-0.1, -0.05) is 25.1 Å². The van der Waals surface area contributed by atoms with Crippen molar-refractivity contribution in [2.45, 2.75) is 25.8 Å². The molecule has 0 spiro atoms. The van der Waals surface area contributed by atoms with Crippen molar-refractivity contribution in [1.82, 2.24) is 10.3 Å². The summed E-state index contributed by atoms with van der Waals surface area (Å²) in [6, 6.07) is 7.01. The van der Waals surface area contributed by atoms with E-state index in [2.05, 4.69) is 10.4 Å². The molecule has 2 rings (SSSR count). The number of benzene rings is 1. The van der Waals surface area contributed by atoms with Gasteiger partial charge in [-0.3, -0.25) is 4.79 Å². The van der Waals surface area contributed by atoms with E-state index in [1.807, 2.05) is 31.2 Å². The molecule has 6 nitrogen and oxygen atoms in total. The predicted octanol–water partition coefficient (Wildman–Crippen LogP) is 2.41. The maximum atomic E-state index is 12.1. The second-order valence-corrected chi connectivity index (χ2v) is 5.10. The summed E-state index contributed by atoms with van der Waals surface area (Å²) in [6.45, 7) is 3.53. The third kappa shape index (κ3) is 3.00. The molecule has 6 heteroatoms. The van der Waals surface area contributed by atoms with Crippen LogP contribution < -0.4 is 10.1 Å². The second kappa shape index (κ2) is 6.43. The minimum absolute atomic E-state index is 0.345. The van der Waals surface area contributed by atoms with Gasteiger partial charge in [0.25, 0.3) is 5.91 Å². The Morgan fingerprint density at radius 1 is 1.36 bits per heavy atom. The average Bonchev–Trinajstić information content (AvgIpc) is 2.75. The molecule has 116 valence electrons. The molecule has 0 unspecified atom stereocenters. The number of carbonyl (C=O) groups excluding carboxylic acids is 2. The molecule has 1 aromatic carbocycles. The predicted molar refractivity (Wildman–Crippen MR) is 84.6 cm³/mol. The number of methoxy groups -OCH3 is 1. The van der Waals surface area contributed by atoms with Crippen LogP contribution in [0.3, 0.4) is 0 Å². The fourth-order valence-electron chi connectivity index (χ4n) is 2.07. The monoisotopic (exact) mass is 301 g/mol. The number of nitrogens with one attached hydrogen (secondary N) is 1. The molecule has 1 saturated heterocycles. The van der Waals surface area contributed by atoms with Crippen LogP contribution in [0, 0.1) is 0 Å². The van der Waals surface area contributed by atoms with Crippen LogP contribution in [-0.4, -0.2) is 35.8 Å². The minimum Gasteiger partial charge on any atom is -0.496 e. The summed E-state index contributed by atoms with van der Waals surface area (Å²) >= 11 is 0. The maximum Gasteiger partial charge on any atom is 0.346 e. The van der Waals surface area contributed by atoms with E-state index < -0.39 is 11.6 Å². The standard InChI is InChI=1S/C16H19N3O3/c1-4-16(2)14(20)19(15(21)18-16)17-11-7-9-12-8-5-6-10-13(12)22-3/h5-11H,4H2,1-3H3,(H,18,21)/b9-7+,17-11?/t16-/m1/s1. The highest BCUT2D eigenvalue weighted by Gasteiger charge is 2.46. The van der Waals surface area contributed by atoms with Crippen molar-refractivity contribution in [1.29, 1.82) is 0 Å². The fraction of sp³-hybridized carbons (Fsp3) is 0.312. The first-order chi connectivity index (χ1) is 10.5. The number of allylic oxidation sites excluding steroid dienone is 1. The Hall–Kier alpha value is -2.63. The number of carbonyl (C=O) groups is 2. The second-order valence-electron chi connectivity index (χ2n) is 5.10. The summed E-state index contributed by atoms with van der Waals surface area (Å²) in [5.74, 6) is 0.391. The van der Waals surface area contributed by atoms with Gasteiger partial charge in [-0.25, -0.2) is 4.79 Å². The van der Waals surface area contributed by atoms with Crippen molar-refractivity contribution in [3.8, 4) is 5.75 Å². The van der Waals surface area contributed by atoms with Crippen LogP contribution in [0.25, 0.3) is 6.08 Å². The lowest BCUT2D eigenvalue weighted by Gasteiger charge is -2.17. The number of amides is 3. The van der Waals surface area contributed by atoms with E-state index in [9.17, 15) is 9.59 Å². The van der Waals surface area contributed by atoms with Gasteiger partial charge < -0.3 is 10.1 Å². The van der Waals surface area contributed by atoms with Crippen LogP contribution in [0.15, 0.2) is 35.4 Å². The van der Waals surface area contributed by atoms with Gasteiger partial charge in [0.1, 0.15) is 11.3 Å². The number of hydrogen-bond donors (Lipinski definition) is 1. The molecule has 1 heterocycles. The van der Waals surface area contributed by atoms with Gasteiger partial charge >= 0.3 is 6.03 Å². The minimum atomic E-state index is -0.874. The molecule has 1 aliphatic rings. The van der Waals surface area contributed by atoms with E-state index in [0.717, 1.165) is 16.3 Å². The molecule has 1 fully saturated rings. The van der Waals surface area contributed by atoms with E-state index in [1.165, 1.54) is 6.21 Å². The van der Waals surface area contributed by atoms with E-state index in [-0.39, 0.29) is 5.91 Å². The highest BCUT2D eigenvalue weighted by Crippen LogP contribution is 2.21. The highest BCUT2D eigenvalue weighted by atomic mass is 16.5. The first kappa shape index (κ1) is 15.8. The Labute approximate surface area is 129 Å². The van der Waals surface area contributed by atoms with E-state index in [4.69, 9.17) is 4.74 Å². The molecule has 0 aromatic heterocycles. The van der Waals surface area contributed by atoms with Crippen LogP contribution in [0.1, 0.15) is 25.8 Å². The lowest BCUT2D eigenvalue weighted by molar-refractivity contribution is -0.130. The molecule has 0 bridgehead atoms. The lowest BCUT2D eigenvalue weighted by Crippen LogP contribution is -2.42. The zero-order valence-electron chi connectivity index (χ0n) is 12.9. The third-order valence-electron chi connectivity index (χ3n) is 3.63. The number of hydrogen-bond acceptors (Lipinski definition) is 4. The molecule has 1 atom stereocenters. The molecule has 3 amide bonds. The largest absolute Gasteiger partial charge is 0.496 e. The summed E-state index contributed by atoms with van der Waals surface area (Å²) in [5.41, 5.74) is 0.00731. The van der Waals surface area contributed by atoms with Gasteiger partial charge in [0, 0.05) is 11.8 Å². The summed E-state index contributed by atoms with van der Waals surface area (Å²) in [7, 11) is 1.60. The summed E-state index contributed by atoms with van der Waals surface area (Å²) < 4.78 is 5.23. The van der Waals surface area contributed by atoms with Gasteiger partial charge in [-0.2, -0.15) is 5.10 Å². The topological polar surface area (TPSA) is 71.0 Å². The molecule has 1 N–H and O–H groups in total. The number of hydrazone groups is 1. The Kier molecular flexibility index (Phi) is 4.60. The van der Waals surface area contributed by atoms with Crippen LogP contribution in [0.5, 0.6) is 5.75 Å². The zero-order chi connectivity index (χ0) is 16.2. The summed E-state index contributed by atoms with van der Waals surface area (Å²) in [5, 5.41) is 7.41. The van der Waals surface area contributed by atoms with Gasteiger partial charge in [0.15, 0.2) is 0 Å². The SMILES string of the molecule is CC[C@@]1(C)NC(=O)N(N=C/C=C/c2ccccc2OC)C1=O. The molecular formula is C16H19N3O3. The lowest BCUT2D eigenvalue weighted by atomic mass is 10.00. The molecule has 0 radical (unpaired) electrons. The van der Waals surface area contributed by atoms with Crippen molar-refractivity contribution in [2.24, 2.45) is 5.10 Å². The van der Waals surface area contributed by atoms with Crippen molar-refractivity contribution in [2.75, 3.05) is 7.11 Å². The maximum absolute atomic E-state index is 12.1. The average molecular weight is 301 g/mol. The quantitative estimate of drug-likeness (QED) is 0.670. The molecule has 1 aliphatic heterocycles. The number of rotatable bonds is 5. The zero-order valence-corrected chi connectivity index (χ0v) is 12.9. The van der Waals surface area contributed by atoms with E-state index in [0.29, 0.717) is 6.42 Å². The van der Waals surface area contributed by atoms with Crippen molar-refractivity contribution >= 4 is 24.2 Å². The van der Waals surface area contributed by atoms with Crippen molar-refractivity contribution in [3.05, 3.63) is 35.9 Å². The number of urea groups is 1. The van der Waals surface area contributed by atoms with Gasteiger partial charge in [0.2, 0.25) is 0 Å². The molecule has 1 aromatic rings. The highest BCUT2D eigenvalue weighted by molar-refractivity contribution is 6.07. The first-order valence-corrected chi connectivity index (χ1v) is 7.02. The van der Waals surface area contributed by atoms with Crippen LogP contribution in [0.2, 0.25) is 0 Å². The Bertz CT molecular complexity index is 639. The van der Waals surface area contributed by atoms with Gasteiger partial charge in [-0.15, -0.1) is 5.01 Å². The Morgan fingerprint density at radius 2 is 2.09 bits per heavy atom. The first-order valence-electron chi connectivity index (χ1n) is 7.02. The third-order valence-corrected chi connectivity index (χ3v) is 3.63. The van der Waals surface area contributed by atoms with Crippen molar-refractivity contribution < 1.29 is 14.3 Å². The molecular weight excluding hydrogens is 282 g/mol. The normalized spacial score (nSPS) is 21.9. The smallest absolute Gasteiger partial charge is 0.346 e. The van der Waals surface area contributed by atoms with Crippen molar-refractivity contribution in [3.63, 3.8) is 0 Å².